The first-order valence-corrected chi connectivity index (χ1v) is 14.7. The Morgan fingerprint density at radius 1 is 0.837 bits per heavy atom. The highest BCUT2D eigenvalue weighted by molar-refractivity contribution is 7.99. The van der Waals surface area contributed by atoms with Crippen LogP contribution in [0.4, 0.5) is 0 Å². The molecule has 5 aromatic rings. The monoisotopic (exact) mass is 633 g/mol. The van der Waals surface area contributed by atoms with Crippen LogP contribution >= 0.6 is 35.8 Å². The van der Waals surface area contributed by atoms with E-state index in [-0.39, 0.29) is 17.8 Å². The summed E-state index contributed by atoms with van der Waals surface area (Å²) in [7, 11) is 7.38. The molecule has 5 nitrogen and oxygen atoms in total. The molecule has 0 unspecified atom stereocenters. The normalized spacial score (nSPS) is 12.6. The second-order valence-corrected chi connectivity index (χ2v) is 11.5. The Labute approximate surface area is 267 Å². The van der Waals surface area contributed by atoms with Crippen molar-refractivity contribution in [3.05, 3.63) is 123 Å². The van der Waals surface area contributed by atoms with Gasteiger partial charge >= 0.3 is 0 Å². The van der Waals surface area contributed by atoms with Crippen LogP contribution in [0.1, 0.15) is 17.5 Å². The van der Waals surface area contributed by atoms with E-state index >= 15 is 0 Å². The van der Waals surface area contributed by atoms with E-state index in [0.29, 0.717) is 28.2 Å². The van der Waals surface area contributed by atoms with Crippen molar-refractivity contribution in [3.8, 4) is 22.8 Å². The van der Waals surface area contributed by atoms with Gasteiger partial charge in [-0.2, -0.15) is 0 Å². The van der Waals surface area contributed by atoms with Gasteiger partial charge in [0.15, 0.2) is 5.43 Å². The van der Waals surface area contributed by atoms with Crippen LogP contribution in [0.5, 0.6) is 11.5 Å². The average molecular weight is 635 g/mol. The van der Waals surface area contributed by atoms with Crippen LogP contribution in [0.3, 0.4) is 0 Å². The molecule has 0 bridgehead atoms. The number of methoxy groups -OCH3 is 2. The fourth-order valence-corrected chi connectivity index (χ4v) is 5.97. The van der Waals surface area contributed by atoms with Crippen molar-refractivity contribution in [1.82, 2.24) is 4.90 Å². The molecular weight excluding hydrogens is 601 g/mol. The van der Waals surface area contributed by atoms with Gasteiger partial charge in [-0.3, -0.25) is 4.79 Å². The maximum atomic E-state index is 12.2. The Balaban J connectivity index is 0.000000192. The number of hydrogen-bond acceptors (Lipinski definition) is 6. The van der Waals surface area contributed by atoms with Gasteiger partial charge in [-0.1, -0.05) is 59.8 Å². The lowest BCUT2D eigenvalue weighted by Gasteiger charge is -2.22. The van der Waals surface area contributed by atoms with E-state index in [1.54, 1.807) is 32.4 Å². The Morgan fingerprint density at radius 3 is 2.35 bits per heavy atom. The molecule has 0 N–H and O–H groups in total. The molecule has 0 aliphatic carbocycles. The molecular formula is C35H33Cl2NO4S. The summed E-state index contributed by atoms with van der Waals surface area (Å²) in [6.45, 7) is 1.05. The van der Waals surface area contributed by atoms with Crippen molar-refractivity contribution >= 4 is 52.3 Å². The van der Waals surface area contributed by atoms with Crippen LogP contribution in [0.2, 0.25) is 5.02 Å². The standard InChI is InChI=1S/C18H18ClNS.C17H14O4.ClH/c1-20(2)11-5-7-14-15-6-3-4-8-17(15)21-18-10-9-13(19)12-16(14)18;1-19-12-5-3-4-11(8-12)16-10-15(18)14-7-6-13(20-2)9-17(14)21-16;/h3-4,6-10,12H,5,11H2,1-2H3;3-10H,1-2H3;1H. The van der Waals surface area contributed by atoms with Crippen molar-refractivity contribution in [2.24, 2.45) is 0 Å². The fourth-order valence-electron chi connectivity index (χ4n) is 4.71. The summed E-state index contributed by atoms with van der Waals surface area (Å²) in [4.78, 5) is 17.0. The van der Waals surface area contributed by atoms with Crippen LogP contribution < -0.4 is 14.9 Å². The molecule has 0 radical (unpaired) electrons. The maximum absolute atomic E-state index is 12.2. The molecule has 0 atom stereocenters. The molecule has 6 rings (SSSR count). The second kappa shape index (κ2) is 14.7. The molecule has 0 saturated heterocycles. The molecule has 43 heavy (non-hydrogen) atoms. The van der Waals surface area contributed by atoms with E-state index in [0.717, 1.165) is 23.6 Å². The lowest BCUT2D eigenvalue weighted by atomic mass is 9.96. The van der Waals surface area contributed by atoms with Crippen molar-refractivity contribution in [1.29, 1.82) is 0 Å². The minimum absolute atomic E-state index is 0. The molecule has 1 aliphatic heterocycles. The zero-order chi connectivity index (χ0) is 29.6. The Kier molecular flexibility index (Phi) is 11.0. The second-order valence-electron chi connectivity index (χ2n) is 10.0. The van der Waals surface area contributed by atoms with E-state index in [1.807, 2.05) is 42.1 Å². The maximum Gasteiger partial charge on any atom is 0.193 e. The van der Waals surface area contributed by atoms with Crippen molar-refractivity contribution in [2.75, 3.05) is 34.9 Å². The summed E-state index contributed by atoms with van der Waals surface area (Å²) >= 11 is 8.03. The SMILES string of the molecule is CN(C)CCC=C1c2ccccc2Sc2ccc(Cl)cc21.COc1cccc(-c2cc(=O)c3ccc(OC)cc3o2)c1.Cl. The van der Waals surface area contributed by atoms with Crippen LogP contribution in [-0.4, -0.2) is 39.8 Å². The summed E-state index contributed by atoms with van der Waals surface area (Å²) in [6.07, 6.45) is 3.38. The van der Waals surface area contributed by atoms with E-state index < -0.39 is 0 Å². The Morgan fingerprint density at radius 2 is 1.58 bits per heavy atom. The average Bonchev–Trinajstić information content (AvgIpc) is 3.00. The predicted molar refractivity (Wildman–Crippen MR) is 181 cm³/mol. The van der Waals surface area contributed by atoms with Crippen molar-refractivity contribution < 1.29 is 13.9 Å². The smallest absolute Gasteiger partial charge is 0.193 e. The topological polar surface area (TPSA) is 51.9 Å². The first-order valence-electron chi connectivity index (χ1n) is 13.5. The third-order valence-corrected chi connectivity index (χ3v) is 8.23. The van der Waals surface area contributed by atoms with Gasteiger partial charge in [-0.15, -0.1) is 12.4 Å². The molecule has 4 aromatic carbocycles. The fraction of sp³-hybridized carbons (Fsp3) is 0.171. The van der Waals surface area contributed by atoms with E-state index in [2.05, 4.69) is 61.5 Å². The summed E-state index contributed by atoms with van der Waals surface area (Å²) in [5.74, 6) is 1.86. The molecule has 8 heteroatoms. The summed E-state index contributed by atoms with van der Waals surface area (Å²) in [5, 5.41) is 1.33. The number of fused-ring (bicyclic) bond motifs is 3. The van der Waals surface area contributed by atoms with Gasteiger partial charge in [0.1, 0.15) is 22.8 Å². The molecule has 0 amide bonds. The van der Waals surface area contributed by atoms with Crippen LogP contribution in [-0.2, 0) is 0 Å². The Bertz CT molecular complexity index is 1820. The molecule has 0 saturated carbocycles. The zero-order valence-electron chi connectivity index (χ0n) is 24.4. The van der Waals surface area contributed by atoms with Gasteiger partial charge in [-0.05, 0) is 85.7 Å². The van der Waals surface area contributed by atoms with Gasteiger partial charge in [0.2, 0.25) is 0 Å². The number of hydrogen-bond donors (Lipinski definition) is 0. The van der Waals surface area contributed by atoms with E-state index in [4.69, 9.17) is 25.5 Å². The largest absolute Gasteiger partial charge is 0.497 e. The van der Waals surface area contributed by atoms with E-state index in [9.17, 15) is 4.79 Å². The van der Waals surface area contributed by atoms with E-state index in [1.165, 1.54) is 32.6 Å². The molecule has 1 aromatic heterocycles. The van der Waals surface area contributed by atoms with Gasteiger partial charge in [-0.25, -0.2) is 0 Å². The van der Waals surface area contributed by atoms with Crippen LogP contribution in [0.25, 0.3) is 27.9 Å². The Hall–Kier alpha value is -3.68. The highest BCUT2D eigenvalue weighted by Gasteiger charge is 2.20. The van der Waals surface area contributed by atoms with Gasteiger partial charge in [0, 0.05) is 39.1 Å². The van der Waals surface area contributed by atoms with Crippen LogP contribution in [0.15, 0.2) is 116 Å². The lowest BCUT2D eigenvalue weighted by Crippen LogP contribution is -2.12. The summed E-state index contributed by atoms with van der Waals surface area (Å²) in [5.41, 5.74) is 5.08. The summed E-state index contributed by atoms with van der Waals surface area (Å²) < 4.78 is 16.2. The molecule has 222 valence electrons. The lowest BCUT2D eigenvalue weighted by molar-refractivity contribution is 0.414. The highest BCUT2D eigenvalue weighted by atomic mass is 35.5. The third-order valence-electron chi connectivity index (χ3n) is 6.84. The number of benzene rings is 4. The van der Waals surface area contributed by atoms with Gasteiger partial charge in [0.25, 0.3) is 0 Å². The zero-order valence-corrected chi connectivity index (χ0v) is 26.8. The third kappa shape index (κ3) is 7.64. The van der Waals surface area contributed by atoms with Crippen LogP contribution in [0, 0.1) is 0 Å². The minimum Gasteiger partial charge on any atom is -0.497 e. The van der Waals surface area contributed by atoms with Gasteiger partial charge < -0.3 is 18.8 Å². The number of rotatable bonds is 6. The number of nitrogens with zero attached hydrogens (tertiary/aromatic N) is 1. The summed E-state index contributed by atoms with van der Waals surface area (Å²) in [6, 6.07) is 28.8. The first kappa shape index (κ1) is 32.2. The number of ether oxygens (including phenoxy) is 2. The van der Waals surface area contributed by atoms with Crippen molar-refractivity contribution in [3.63, 3.8) is 0 Å². The molecule has 0 fully saturated rings. The molecule has 2 heterocycles. The first-order chi connectivity index (χ1) is 20.4. The molecule has 1 aliphatic rings. The van der Waals surface area contributed by atoms with Crippen molar-refractivity contribution in [2.45, 2.75) is 16.2 Å². The highest BCUT2D eigenvalue weighted by Crippen LogP contribution is 2.46. The molecule has 0 spiro atoms. The number of halogens is 2. The quantitative estimate of drug-likeness (QED) is 0.182. The minimum atomic E-state index is -0.0864. The predicted octanol–water partition coefficient (Wildman–Crippen LogP) is 9.09. The van der Waals surface area contributed by atoms with Gasteiger partial charge in [0.05, 0.1) is 19.6 Å².